The third kappa shape index (κ3) is 7.18. The normalized spacial score (nSPS) is 13.6. The van der Waals surface area contributed by atoms with Gasteiger partial charge in [0.05, 0.1) is 12.1 Å². The first-order valence-corrected chi connectivity index (χ1v) is 16.7. The second-order valence-corrected chi connectivity index (χ2v) is 17.6. The third-order valence-electron chi connectivity index (χ3n) is 7.94. The zero-order valence-corrected chi connectivity index (χ0v) is 25.9. The fourth-order valence-corrected chi connectivity index (χ4v) is 5.70. The summed E-state index contributed by atoms with van der Waals surface area (Å²) in [6.45, 7) is 17.6. The summed E-state index contributed by atoms with van der Waals surface area (Å²) in [6, 6.07) is 30.9. The molecule has 1 atom stereocenters. The molecule has 3 rings (SSSR count). The van der Waals surface area contributed by atoms with Gasteiger partial charge in [0.25, 0.3) is 0 Å². The van der Waals surface area contributed by atoms with Crippen molar-refractivity contribution >= 4 is 14.4 Å². The molecular formula is C33H46N2O3Si. The molecule has 0 spiro atoms. The Bertz CT molecular complexity index is 1090. The van der Waals surface area contributed by atoms with E-state index < -0.39 is 25.5 Å². The molecule has 1 unspecified atom stereocenters. The van der Waals surface area contributed by atoms with Crippen LogP contribution in [-0.2, 0) is 9.96 Å². The highest BCUT2D eigenvalue weighted by molar-refractivity contribution is 6.74. The van der Waals surface area contributed by atoms with Gasteiger partial charge in [0.15, 0.2) is 8.32 Å². The first-order chi connectivity index (χ1) is 18.2. The van der Waals surface area contributed by atoms with Gasteiger partial charge in [-0.15, -0.1) is 0 Å². The number of carboxylic acid groups (broad SMARTS) is 1. The minimum Gasteiger partial charge on any atom is -0.465 e. The highest BCUT2D eigenvalue weighted by Crippen LogP contribution is 2.39. The van der Waals surface area contributed by atoms with Crippen LogP contribution < -0.4 is 5.32 Å². The fraction of sp³-hybridized carbons (Fsp3) is 0.424. The largest absolute Gasteiger partial charge is 0.465 e. The lowest BCUT2D eigenvalue weighted by Gasteiger charge is -2.44. The Morgan fingerprint density at radius 1 is 0.795 bits per heavy atom. The summed E-state index contributed by atoms with van der Waals surface area (Å²) in [4.78, 5) is 14.0. The Balaban J connectivity index is 2.21. The van der Waals surface area contributed by atoms with Crippen molar-refractivity contribution in [2.75, 3.05) is 13.2 Å². The molecule has 3 aromatic rings. The van der Waals surface area contributed by atoms with Crippen molar-refractivity contribution in [2.45, 2.75) is 76.8 Å². The molecule has 210 valence electrons. The van der Waals surface area contributed by atoms with E-state index in [1.807, 2.05) is 39.0 Å². The van der Waals surface area contributed by atoms with Crippen LogP contribution in [0.3, 0.4) is 0 Å². The Labute approximate surface area is 236 Å². The van der Waals surface area contributed by atoms with Crippen molar-refractivity contribution in [3.8, 4) is 0 Å². The molecule has 0 heterocycles. The van der Waals surface area contributed by atoms with Crippen LogP contribution in [0.4, 0.5) is 4.79 Å². The first-order valence-electron chi connectivity index (χ1n) is 13.8. The summed E-state index contributed by atoms with van der Waals surface area (Å²) in [7, 11) is -2.11. The topological polar surface area (TPSA) is 61.8 Å². The maximum atomic E-state index is 12.5. The van der Waals surface area contributed by atoms with Gasteiger partial charge in [-0.05, 0) is 55.6 Å². The van der Waals surface area contributed by atoms with Gasteiger partial charge in [-0.1, -0.05) is 112 Å². The number of nitrogens with one attached hydrogen (secondary N) is 1. The summed E-state index contributed by atoms with van der Waals surface area (Å²) in [6.07, 6.45) is -0.939. The first kappa shape index (κ1) is 30.6. The van der Waals surface area contributed by atoms with E-state index >= 15 is 0 Å². The molecule has 2 N–H and O–H groups in total. The van der Waals surface area contributed by atoms with Crippen molar-refractivity contribution in [1.82, 2.24) is 10.2 Å². The van der Waals surface area contributed by atoms with Crippen molar-refractivity contribution in [3.05, 3.63) is 108 Å². The van der Waals surface area contributed by atoms with Crippen molar-refractivity contribution in [2.24, 2.45) is 0 Å². The molecular weight excluding hydrogens is 500 g/mol. The molecule has 0 aromatic heterocycles. The average Bonchev–Trinajstić information content (AvgIpc) is 2.88. The minimum atomic E-state index is -2.11. The summed E-state index contributed by atoms with van der Waals surface area (Å²) < 4.78 is 6.76. The molecule has 39 heavy (non-hydrogen) atoms. The number of hydrogen-bond donors (Lipinski definition) is 2. The van der Waals surface area contributed by atoms with Crippen LogP contribution >= 0.6 is 0 Å². The molecule has 0 aliphatic rings. The lowest BCUT2D eigenvalue weighted by molar-refractivity contribution is 0.0822. The van der Waals surface area contributed by atoms with E-state index in [2.05, 4.69) is 112 Å². The second-order valence-electron chi connectivity index (χ2n) is 12.8. The molecule has 0 aliphatic heterocycles. The molecule has 0 saturated heterocycles. The summed E-state index contributed by atoms with van der Waals surface area (Å²) in [5.74, 6) is 0. The molecule has 6 heteroatoms. The number of benzene rings is 3. The molecule has 0 aliphatic carbocycles. The fourth-order valence-electron chi connectivity index (χ4n) is 4.65. The van der Waals surface area contributed by atoms with Gasteiger partial charge >= 0.3 is 6.09 Å². The van der Waals surface area contributed by atoms with Crippen LogP contribution in [0.2, 0.25) is 18.1 Å². The number of amides is 1. The maximum Gasteiger partial charge on any atom is 0.407 e. The number of nitrogens with zero attached hydrogens (tertiary/aromatic N) is 1. The highest BCUT2D eigenvalue weighted by atomic mass is 28.4. The number of carbonyl (C=O) groups is 1. The van der Waals surface area contributed by atoms with E-state index in [0.29, 0.717) is 6.61 Å². The van der Waals surface area contributed by atoms with Gasteiger partial charge in [-0.2, -0.15) is 0 Å². The van der Waals surface area contributed by atoms with Gasteiger partial charge < -0.3 is 14.4 Å². The molecule has 0 bridgehead atoms. The van der Waals surface area contributed by atoms with Crippen LogP contribution in [0.1, 0.15) is 58.2 Å². The average molecular weight is 547 g/mol. The van der Waals surface area contributed by atoms with Gasteiger partial charge in [0.2, 0.25) is 0 Å². The Morgan fingerprint density at radius 2 is 1.18 bits per heavy atom. The van der Waals surface area contributed by atoms with E-state index in [-0.39, 0.29) is 17.6 Å². The van der Waals surface area contributed by atoms with Gasteiger partial charge in [-0.3, -0.25) is 5.32 Å². The van der Waals surface area contributed by atoms with Gasteiger partial charge in [0.1, 0.15) is 0 Å². The van der Waals surface area contributed by atoms with Crippen LogP contribution in [0, 0.1) is 0 Å². The van der Waals surface area contributed by atoms with Gasteiger partial charge in [-0.25, -0.2) is 4.79 Å². The summed E-state index contributed by atoms with van der Waals surface area (Å²) >= 11 is 0. The summed E-state index contributed by atoms with van der Waals surface area (Å²) in [5.41, 5.74) is 1.94. The number of rotatable bonds is 10. The highest BCUT2D eigenvalue weighted by Gasteiger charge is 2.42. The molecule has 0 saturated carbocycles. The van der Waals surface area contributed by atoms with Crippen molar-refractivity contribution < 1.29 is 14.3 Å². The molecule has 5 nitrogen and oxygen atoms in total. The zero-order chi connectivity index (χ0) is 28.9. The Hall–Kier alpha value is -2.93. The van der Waals surface area contributed by atoms with Crippen LogP contribution in [0.25, 0.3) is 0 Å². The van der Waals surface area contributed by atoms with E-state index in [9.17, 15) is 9.90 Å². The summed E-state index contributed by atoms with van der Waals surface area (Å²) in [5, 5.41) is 14.3. The van der Waals surface area contributed by atoms with Crippen molar-refractivity contribution in [1.29, 1.82) is 0 Å². The second kappa shape index (κ2) is 12.1. The monoisotopic (exact) mass is 546 g/mol. The molecule has 3 aromatic carbocycles. The Morgan fingerprint density at radius 3 is 1.49 bits per heavy atom. The maximum absolute atomic E-state index is 12.5. The van der Waals surface area contributed by atoms with Gasteiger partial charge in [0, 0.05) is 18.1 Å². The predicted molar refractivity (Wildman–Crippen MR) is 164 cm³/mol. The molecule has 0 radical (unpaired) electrons. The third-order valence-corrected chi connectivity index (χ3v) is 12.4. The van der Waals surface area contributed by atoms with E-state index in [4.69, 9.17) is 4.43 Å². The minimum absolute atomic E-state index is 0.0312. The predicted octanol–water partition coefficient (Wildman–Crippen LogP) is 7.74. The SMILES string of the molecule is CC(C)(C)N(CC(CO[Si](C)(C)C(C)(C)C)NC(c1ccccc1)(c1ccccc1)c1ccccc1)C(=O)O. The van der Waals surface area contributed by atoms with Crippen LogP contribution in [-0.4, -0.2) is 49.1 Å². The quantitative estimate of drug-likeness (QED) is 0.202. The smallest absolute Gasteiger partial charge is 0.407 e. The van der Waals surface area contributed by atoms with E-state index in [0.717, 1.165) is 16.7 Å². The standard InChI is InChI=1S/C33H46N2O3Si/c1-31(2,3)35(30(36)37)24-29(25-38-39(7,8)32(4,5)6)34-33(26-18-12-9-13-19-26,27-20-14-10-15-21-27)28-22-16-11-17-23-28/h9-23,29,34H,24-25H2,1-8H3,(H,36,37). The van der Waals surface area contributed by atoms with E-state index in [1.165, 1.54) is 4.90 Å². The lowest BCUT2D eigenvalue weighted by Crippen LogP contribution is -2.59. The Kier molecular flexibility index (Phi) is 9.47. The van der Waals surface area contributed by atoms with E-state index in [1.54, 1.807) is 0 Å². The number of hydrogen-bond acceptors (Lipinski definition) is 3. The zero-order valence-electron chi connectivity index (χ0n) is 24.9. The molecule has 1 amide bonds. The lowest BCUT2D eigenvalue weighted by atomic mass is 9.76. The van der Waals surface area contributed by atoms with Crippen LogP contribution in [0.5, 0.6) is 0 Å². The molecule has 0 fully saturated rings. The van der Waals surface area contributed by atoms with Crippen LogP contribution in [0.15, 0.2) is 91.0 Å². The van der Waals surface area contributed by atoms with Crippen molar-refractivity contribution in [3.63, 3.8) is 0 Å².